The standard InChI is InChI=1S/C57H88O27/c1-21-13-37(81-51-44(69)42(67)40(65)33(17-58)77-51)57(73-19-21)22(2)38-32(84-57)16-31-29-10-9-27-14-28(63)15-36(56(27,8)30(29)11-12-55(31,38)7)80-54-50(49(76-26(6)62)47(75-25(5)61)35(79-54)20-72-24(4)60)83-53-46(71)48(39(64)23(3)74-53)82-52-45(70)43(68)41(66)34(18-59)78-52/h9,21-23,28-54,58-59,63-71H,10-20H2,1-8H3/t21-,22+,23+,28-,29-,30+,31+,32+,33-,34-,35-,36-,37+,38+,39+,40-,41-,42+,43+,44-,45-,46-,47+,48-,49+,50-,51+,52+,53+,54+,55-,56-,57+/m1/s1. The molecule has 10 rings (SSSR count). The van der Waals surface area contributed by atoms with Gasteiger partial charge in [-0.15, -0.1) is 0 Å². The van der Waals surface area contributed by atoms with Gasteiger partial charge >= 0.3 is 17.9 Å². The predicted octanol–water partition coefficient (Wildman–Crippen LogP) is -2.31. The number of esters is 3. The highest BCUT2D eigenvalue weighted by atomic mass is 16.8. The number of rotatable bonds is 14. The van der Waals surface area contributed by atoms with Crippen LogP contribution in [0.4, 0.5) is 0 Å². The topological polar surface area (TPSA) is 394 Å². The van der Waals surface area contributed by atoms with Crippen molar-refractivity contribution in [3.8, 4) is 0 Å². The number of ether oxygens (including phenoxy) is 13. The molecular weight excluding hydrogens is 1120 g/mol. The first-order valence-electron chi connectivity index (χ1n) is 29.7. The molecule has 27 nitrogen and oxygen atoms in total. The highest BCUT2D eigenvalue weighted by Crippen LogP contribution is 2.71. The van der Waals surface area contributed by atoms with Crippen molar-refractivity contribution in [3.63, 3.8) is 0 Å². The Morgan fingerprint density at radius 1 is 0.607 bits per heavy atom. The van der Waals surface area contributed by atoms with E-state index in [0.717, 1.165) is 32.8 Å². The minimum atomic E-state index is -1.99. The van der Waals surface area contributed by atoms with E-state index >= 15 is 0 Å². The largest absolute Gasteiger partial charge is 0.463 e. The summed E-state index contributed by atoms with van der Waals surface area (Å²) in [4.78, 5) is 38.5. The van der Waals surface area contributed by atoms with Crippen LogP contribution in [0.2, 0.25) is 0 Å². The Morgan fingerprint density at radius 3 is 1.81 bits per heavy atom. The summed E-state index contributed by atoms with van der Waals surface area (Å²) in [5.74, 6) is -3.84. The lowest BCUT2D eigenvalue weighted by molar-refractivity contribution is -0.388. The fourth-order valence-corrected chi connectivity index (χ4v) is 16.5. The number of hydrogen-bond acceptors (Lipinski definition) is 27. The van der Waals surface area contributed by atoms with Crippen molar-refractivity contribution >= 4 is 17.9 Å². The van der Waals surface area contributed by atoms with Gasteiger partial charge in [-0.25, -0.2) is 0 Å². The molecule has 11 N–H and O–H groups in total. The van der Waals surface area contributed by atoms with Gasteiger partial charge in [0.2, 0.25) is 0 Å². The molecule has 6 saturated heterocycles. The van der Waals surface area contributed by atoms with Gasteiger partial charge in [0.15, 0.2) is 49.3 Å². The molecule has 1 spiro atoms. The van der Waals surface area contributed by atoms with Gasteiger partial charge in [-0.1, -0.05) is 39.3 Å². The van der Waals surface area contributed by atoms with Gasteiger partial charge in [-0.3, -0.25) is 14.4 Å². The molecule has 84 heavy (non-hydrogen) atoms. The Hall–Kier alpha value is -2.69. The summed E-state index contributed by atoms with van der Waals surface area (Å²) in [5, 5.41) is 119. The number of aliphatic hydroxyl groups is 11. The molecule has 3 saturated carbocycles. The summed E-state index contributed by atoms with van der Waals surface area (Å²) in [7, 11) is 0. The van der Waals surface area contributed by atoms with Crippen molar-refractivity contribution in [1.29, 1.82) is 0 Å². The fraction of sp³-hybridized carbons (Fsp3) is 0.912. The second-order valence-corrected chi connectivity index (χ2v) is 25.9. The van der Waals surface area contributed by atoms with Gasteiger partial charge in [0.05, 0.1) is 44.2 Å². The smallest absolute Gasteiger partial charge is 0.303 e. The average molecular weight is 1210 g/mol. The van der Waals surface area contributed by atoms with E-state index in [4.69, 9.17) is 61.6 Å². The van der Waals surface area contributed by atoms with Crippen LogP contribution in [0.25, 0.3) is 0 Å². The second kappa shape index (κ2) is 24.9. The normalized spacial score (nSPS) is 52.7. The third-order valence-electron chi connectivity index (χ3n) is 20.7. The molecule has 33 atom stereocenters. The van der Waals surface area contributed by atoms with Gasteiger partial charge in [-0.2, -0.15) is 0 Å². The van der Waals surface area contributed by atoms with Gasteiger partial charge in [0.1, 0.15) is 86.0 Å². The predicted molar refractivity (Wildman–Crippen MR) is 278 cm³/mol. The molecule has 0 radical (unpaired) electrons. The molecule has 0 bridgehead atoms. The highest BCUT2D eigenvalue weighted by molar-refractivity contribution is 5.68. The van der Waals surface area contributed by atoms with Crippen molar-refractivity contribution in [2.75, 3.05) is 26.4 Å². The van der Waals surface area contributed by atoms with Gasteiger partial charge < -0.3 is 118 Å². The summed E-state index contributed by atoms with van der Waals surface area (Å²) in [5.41, 5.74) is -0.152. The van der Waals surface area contributed by atoms with E-state index in [1.54, 1.807) is 0 Å². The maximum atomic E-state index is 13.2. The number of hydrogen-bond donors (Lipinski definition) is 11. The van der Waals surface area contributed by atoms with E-state index in [1.165, 1.54) is 6.92 Å². The molecule has 0 aromatic carbocycles. The minimum Gasteiger partial charge on any atom is -0.463 e. The molecule has 10 aliphatic rings. The number of allylic oxidation sites excluding steroid dienone is 1. The van der Waals surface area contributed by atoms with Crippen molar-refractivity contribution in [2.24, 2.45) is 46.3 Å². The van der Waals surface area contributed by atoms with Gasteiger partial charge in [-0.05, 0) is 80.5 Å². The van der Waals surface area contributed by atoms with E-state index in [9.17, 15) is 70.6 Å². The molecule has 478 valence electrons. The maximum Gasteiger partial charge on any atom is 0.303 e. The molecule has 4 aliphatic carbocycles. The van der Waals surface area contributed by atoms with Crippen LogP contribution in [0, 0.1) is 46.3 Å². The summed E-state index contributed by atoms with van der Waals surface area (Å²) < 4.78 is 81.4. The molecule has 0 aromatic heterocycles. The van der Waals surface area contributed by atoms with Crippen molar-refractivity contribution in [1.82, 2.24) is 0 Å². The van der Waals surface area contributed by atoms with E-state index in [0.29, 0.717) is 38.7 Å². The Kier molecular flexibility index (Phi) is 19.1. The zero-order valence-corrected chi connectivity index (χ0v) is 48.6. The Bertz CT molecular complexity index is 2360. The zero-order chi connectivity index (χ0) is 60.8. The summed E-state index contributed by atoms with van der Waals surface area (Å²) in [6.07, 6.45) is -29.5. The fourth-order valence-electron chi connectivity index (χ4n) is 16.5. The van der Waals surface area contributed by atoms with Crippen LogP contribution in [0.5, 0.6) is 0 Å². The third-order valence-corrected chi connectivity index (χ3v) is 20.7. The minimum absolute atomic E-state index is 0.0226. The number of carbonyl (C=O) groups excluding carboxylic acids is 3. The summed E-state index contributed by atoms with van der Waals surface area (Å²) >= 11 is 0. The van der Waals surface area contributed by atoms with Crippen LogP contribution in [0.3, 0.4) is 0 Å². The van der Waals surface area contributed by atoms with Crippen LogP contribution in [0.15, 0.2) is 11.6 Å². The van der Waals surface area contributed by atoms with Gasteiger partial charge in [0.25, 0.3) is 0 Å². The van der Waals surface area contributed by atoms with Crippen LogP contribution in [0.1, 0.15) is 100 Å². The monoisotopic (exact) mass is 1200 g/mol. The molecule has 9 fully saturated rings. The molecule has 6 aliphatic heterocycles. The SMILES string of the molecule is CC(=O)OC[C@H]1O[C@@H](O[C@@H]2C[C@H](O)CC3=CC[C@H]4[C@@H]5C[C@@H]6O[C@@]7(OC[C@H](C)C[C@@H]7O[C@@H]7O[C@H](CO)[C@@H](O)[C@H](O)[C@H]7O)[C@@H](C)[C@@H]6[C@]5(C)CC[C@@H]4[C@@]32C)[C@H](O[C@@H]2O[C@@H](C)[C@H](O)[C@@H](O[C@@H]3O[C@H](CO)[C@@H](O)[C@H](O)[C@H]3O)[C@H]2O)[C@@H](OC(C)=O)[C@H]1OC(C)=O. The molecular formula is C57H88O27. The van der Waals surface area contributed by atoms with E-state index in [2.05, 4.69) is 26.8 Å². The Labute approximate surface area is 486 Å². The lowest BCUT2D eigenvalue weighted by atomic mass is 9.46. The first-order valence-corrected chi connectivity index (χ1v) is 29.7. The maximum absolute atomic E-state index is 13.2. The number of carbonyl (C=O) groups is 3. The Morgan fingerprint density at radius 2 is 1.19 bits per heavy atom. The van der Waals surface area contributed by atoms with Crippen LogP contribution >= 0.6 is 0 Å². The molecule has 27 heteroatoms. The third kappa shape index (κ3) is 11.4. The quantitative estimate of drug-likeness (QED) is 0.0495. The molecule has 6 heterocycles. The average Bonchev–Trinajstić information content (AvgIpc) is 1.47. The van der Waals surface area contributed by atoms with Gasteiger partial charge in [0, 0.05) is 38.5 Å². The van der Waals surface area contributed by atoms with E-state index < -0.39 is 190 Å². The molecule has 0 amide bonds. The lowest BCUT2D eigenvalue weighted by Crippen LogP contribution is -2.67. The van der Waals surface area contributed by atoms with Crippen molar-refractivity contribution in [2.45, 2.75) is 253 Å². The second-order valence-electron chi connectivity index (χ2n) is 25.9. The van der Waals surface area contributed by atoms with Crippen LogP contribution in [-0.4, -0.2) is 254 Å². The molecule has 0 unspecified atom stereocenters. The van der Waals surface area contributed by atoms with E-state index in [1.807, 2.05) is 6.92 Å². The summed E-state index contributed by atoms with van der Waals surface area (Å²) in [6, 6.07) is 0. The summed E-state index contributed by atoms with van der Waals surface area (Å²) in [6.45, 7) is 11.7. The van der Waals surface area contributed by atoms with E-state index in [-0.39, 0.29) is 53.4 Å². The zero-order valence-electron chi connectivity index (χ0n) is 48.6. The van der Waals surface area contributed by atoms with Crippen molar-refractivity contribution < 1.29 is 132 Å². The number of fused-ring (bicyclic) bond motifs is 7. The van der Waals surface area contributed by atoms with Crippen molar-refractivity contribution in [3.05, 3.63) is 11.6 Å². The van der Waals surface area contributed by atoms with Crippen LogP contribution in [-0.2, 0) is 76.0 Å². The highest BCUT2D eigenvalue weighted by Gasteiger charge is 2.72. The lowest BCUT2D eigenvalue weighted by Gasteiger charge is -2.61. The number of aliphatic hydroxyl groups excluding tert-OH is 11. The Balaban J connectivity index is 0.942. The van der Waals surface area contributed by atoms with Crippen LogP contribution < -0.4 is 0 Å². The first kappa shape index (κ1) is 64.3. The first-order chi connectivity index (χ1) is 39.7. The molecule has 0 aromatic rings.